The zero-order chi connectivity index (χ0) is 41.4. The fourth-order valence-electron chi connectivity index (χ4n) is 10.3. The molecule has 0 aliphatic heterocycles. The SMILES string of the molecule is c1ccc(-c2cc(-c3ccc(-n4c5ccccc5c5ccccc54)cc3)c(-n3c4ccccc4c4ccccc43)cc2-c2ccc(-n3c4ccccc4c4ccccc43)cc2)cc1. The van der Waals surface area contributed by atoms with E-state index in [1.807, 2.05) is 0 Å². The Morgan fingerprint density at radius 3 is 0.873 bits per heavy atom. The lowest BCUT2D eigenvalue weighted by molar-refractivity contribution is 1.17. The maximum absolute atomic E-state index is 2.48. The van der Waals surface area contributed by atoms with Crippen LogP contribution in [0.1, 0.15) is 0 Å². The van der Waals surface area contributed by atoms with Crippen LogP contribution in [0.4, 0.5) is 0 Å². The van der Waals surface area contributed by atoms with Crippen molar-refractivity contribution in [3.8, 4) is 50.4 Å². The van der Waals surface area contributed by atoms with Crippen LogP contribution in [0.15, 0.2) is 237 Å². The van der Waals surface area contributed by atoms with Crippen LogP contribution in [0.25, 0.3) is 116 Å². The standard InChI is InChI=1S/C60H39N3/c1-2-16-40(17-3-1)51-38-53(42-32-36-44(37-33-42)62-56-26-12-6-20-47(56)48-21-7-13-27-57(48)62)60(63-58-28-14-8-22-49(58)50-23-9-15-29-59(50)63)39-52(51)41-30-34-43(35-31-41)61-54-24-10-4-18-45(54)46-19-5-11-25-55(46)61/h1-39H. The summed E-state index contributed by atoms with van der Waals surface area (Å²) in [7, 11) is 0. The van der Waals surface area contributed by atoms with Crippen LogP contribution in [0.3, 0.4) is 0 Å². The smallest absolute Gasteiger partial charge is 0.0547 e. The molecule has 0 aliphatic rings. The molecule has 10 aromatic carbocycles. The van der Waals surface area contributed by atoms with Gasteiger partial charge in [0.2, 0.25) is 0 Å². The first-order chi connectivity index (χ1) is 31.3. The van der Waals surface area contributed by atoms with Crippen LogP contribution >= 0.6 is 0 Å². The number of para-hydroxylation sites is 6. The summed E-state index contributed by atoms with van der Waals surface area (Å²) in [5.74, 6) is 0. The van der Waals surface area contributed by atoms with Crippen molar-refractivity contribution < 1.29 is 0 Å². The molecule has 13 aromatic rings. The summed E-state index contributed by atoms with van der Waals surface area (Å²) in [6.07, 6.45) is 0. The Hall–Kier alpha value is -8.40. The molecule has 63 heavy (non-hydrogen) atoms. The van der Waals surface area contributed by atoms with Crippen LogP contribution in [-0.4, -0.2) is 13.7 Å². The third kappa shape index (κ3) is 5.46. The molecule has 13 rings (SSSR count). The number of aromatic nitrogens is 3. The average molecular weight is 802 g/mol. The molecule has 0 saturated heterocycles. The van der Waals surface area contributed by atoms with Gasteiger partial charge in [-0.1, -0.05) is 164 Å². The van der Waals surface area contributed by atoms with Crippen molar-refractivity contribution in [1.29, 1.82) is 0 Å². The van der Waals surface area contributed by atoms with Crippen molar-refractivity contribution in [3.05, 3.63) is 237 Å². The average Bonchev–Trinajstić information content (AvgIpc) is 4.00. The van der Waals surface area contributed by atoms with Gasteiger partial charge < -0.3 is 13.7 Å². The molecule has 0 unspecified atom stereocenters. The summed E-state index contributed by atoms with van der Waals surface area (Å²) in [6, 6.07) is 86.6. The second-order valence-electron chi connectivity index (χ2n) is 16.5. The minimum absolute atomic E-state index is 1.14. The van der Waals surface area contributed by atoms with Gasteiger partial charge in [-0.3, -0.25) is 0 Å². The molecule has 0 amide bonds. The van der Waals surface area contributed by atoms with E-state index in [9.17, 15) is 0 Å². The van der Waals surface area contributed by atoms with Crippen molar-refractivity contribution in [1.82, 2.24) is 13.7 Å². The van der Waals surface area contributed by atoms with E-state index < -0.39 is 0 Å². The summed E-state index contributed by atoms with van der Waals surface area (Å²) in [5, 5.41) is 7.53. The molecule has 0 radical (unpaired) electrons. The predicted molar refractivity (Wildman–Crippen MR) is 266 cm³/mol. The zero-order valence-corrected chi connectivity index (χ0v) is 34.4. The van der Waals surface area contributed by atoms with E-state index in [4.69, 9.17) is 0 Å². The van der Waals surface area contributed by atoms with E-state index in [1.54, 1.807) is 0 Å². The molecule has 0 spiro atoms. The molecule has 0 N–H and O–H groups in total. The molecule has 3 nitrogen and oxygen atoms in total. The maximum atomic E-state index is 2.48. The highest BCUT2D eigenvalue weighted by Crippen LogP contribution is 2.44. The number of fused-ring (bicyclic) bond motifs is 9. The van der Waals surface area contributed by atoms with Gasteiger partial charge in [0.05, 0.1) is 38.8 Å². The van der Waals surface area contributed by atoms with E-state index in [1.165, 1.54) is 87.7 Å². The molecule has 0 bridgehead atoms. The summed E-state index contributed by atoms with van der Waals surface area (Å²) in [5.41, 5.74) is 17.6. The first kappa shape index (κ1) is 35.4. The van der Waals surface area contributed by atoms with Crippen LogP contribution in [0.2, 0.25) is 0 Å². The largest absolute Gasteiger partial charge is 0.309 e. The zero-order valence-electron chi connectivity index (χ0n) is 34.4. The number of nitrogens with zero attached hydrogens (tertiary/aromatic N) is 3. The lowest BCUT2D eigenvalue weighted by Crippen LogP contribution is -2.01. The van der Waals surface area contributed by atoms with Crippen LogP contribution in [0.5, 0.6) is 0 Å². The first-order valence-corrected chi connectivity index (χ1v) is 21.7. The van der Waals surface area contributed by atoms with Crippen molar-refractivity contribution in [2.75, 3.05) is 0 Å². The van der Waals surface area contributed by atoms with E-state index in [0.717, 1.165) is 28.2 Å². The third-order valence-electron chi connectivity index (χ3n) is 13.1. The fraction of sp³-hybridized carbons (Fsp3) is 0. The highest BCUT2D eigenvalue weighted by atomic mass is 15.0. The molecule has 3 heterocycles. The molecule has 294 valence electrons. The highest BCUT2D eigenvalue weighted by Gasteiger charge is 2.21. The van der Waals surface area contributed by atoms with Gasteiger partial charge in [0, 0.05) is 49.3 Å². The summed E-state index contributed by atoms with van der Waals surface area (Å²) in [6.45, 7) is 0. The Labute approximate surface area is 364 Å². The molecular weight excluding hydrogens is 763 g/mol. The quantitative estimate of drug-likeness (QED) is 0.159. The number of benzene rings is 10. The summed E-state index contributed by atoms with van der Waals surface area (Å²) >= 11 is 0. The van der Waals surface area contributed by atoms with Crippen molar-refractivity contribution in [2.45, 2.75) is 0 Å². The van der Waals surface area contributed by atoms with Gasteiger partial charge in [-0.25, -0.2) is 0 Å². The number of hydrogen-bond donors (Lipinski definition) is 0. The van der Waals surface area contributed by atoms with E-state index in [-0.39, 0.29) is 0 Å². The van der Waals surface area contributed by atoms with E-state index in [0.29, 0.717) is 0 Å². The molecule has 3 heteroatoms. The minimum atomic E-state index is 1.14. The van der Waals surface area contributed by atoms with E-state index >= 15 is 0 Å². The van der Waals surface area contributed by atoms with Gasteiger partial charge in [0.1, 0.15) is 0 Å². The predicted octanol–water partition coefficient (Wildman–Crippen LogP) is 16.0. The molecule has 0 aliphatic carbocycles. The monoisotopic (exact) mass is 801 g/mol. The molecule has 0 fully saturated rings. The first-order valence-electron chi connectivity index (χ1n) is 21.7. The Bertz CT molecular complexity index is 3720. The van der Waals surface area contributed by atoms with Gasteiger partial charge in [0.15, 0.2) is 0 Å². The number of rotatable bonds is 6. The van der Waals surface area contributed by atoms with Gasteiger partial charge in [-0.15, -0.1) is 0 Å². The van der Waals surface area contributed by atoms with Crippen LogP contribution < -0.4 is 0 Å². The topological polar surface area (TPSA) is 14.8 Å². The molecule has 0 saturated carbocycles. The number of hydrogen-bond acceptors (Lipinski definition) is 0. The highest BCUT2D eigenvalue weighted by molar-refractivity contribution is 6.12. The lowest BCUT2D eigenvalue weighted by Gasteiger charge is -2.20. The summed E-state index contributed by atoms with van der Waals surface area (Å²) < 4.78 is 7.26. The normalized spacial score (nSPS) is 11.8. The Morgan fingerprint density at radius 1 is 0.206 bits per heavy atom. The third-order valence-corrected chi connectivity index (χ3v) is 13.1. The molecular formula is C60H39N3. The van der Waals surface area contributed by atoms with Crippen LogP contribution in [0, 0.1) is 0 Å². The Balaban J connectivity index is 1.05. The van der Waals surface area contributed by atoms with Gasteiger partial charge in [-0.05, 0) is 101 Å². The van der Waals surface area contributed by atoms with E-state index in [2.05, 4.69) is 250 Å². The van der Waals surface area contributed by atoms with Crippen LogP contribution in [-0.2, 0) is 0 Å². The second-order valence-corrected chi connectivity index (χ2v) is 16.5. The minimum Gasteiger partial charge on any atom is -0.309 e. The molecule has 3 aromatic heterocycles. The Morgan fingerprint density at radius 2 is 0.492 bits per heavy atom. The van der Waals surface area contributed by atoms with Crippen molar-refractivity contribution in [2.24, 2.45) is 0 Å². The van der Waals surface area contributed by atoms with Gasteiger partial charge in [0.25, 0.3) is 0 Å². The van der Waals surface area contributed by atoms with Crippen molar-refractivity contribution in [3.63, 3.8) is 0 Å². The maximum Gasteiger partial charge on any atom is 0.0547 e. The summed E-state index contributed by atoms with van der Waals surface area (Å²) in [4.78, 5) is 0. The Kier molecular flexibility index (Phi) is 7.91. The molecule has 0 atom stereocenters. The van der Waals surface area contributed by atoms with Gasteiger partial charge in [-0.2, -0.15) is 0 Å². The van der Waals surface area contributed by atoms with Crippen molar-refractivity contribution >= 4 is 65.4 Å². The second kappa shape index (κ2) is 14.1. The van der Waals surface area contributed by atoms with Gasteiger partial charge >= 0.3 is 0 Å². The lowest BCUT2D eigenvalue weighted by atomic mass is 9.89. The fourth-order valence-corrected chi connectivity index (χ4v) is 10.3.